The molecule has 3 heterocycles. The minimum absolute atomic E-state index is 0.268. The van der Waals surface area contributed by atoms with E-state index in [-0.39, 0.29) is 5.69 Å². The van der Waals surface area contributed by atoms with Crippen LogP contribution in [0, 0.1) is 0 Å². The fraction of sp³-hybridized carbons (Fsp3) is 0.240. The van der Waals surface area contributed by atoms with Crippen LogP contribution in [0.25, 0.3) is 39.1 Å². The van der Waals surface area contributed by atoms with Crippen molar-refractivity contribution in [2.24, 2.45) is 0 Å². The van der Waals surface area contributed by atoms with Gasteiger partial charge in [0.25, 0.3) is 0 Å². The Morgan fingerprint density at radius 1 is 0.839 bits per heavy atom. The summed E-state index contributed by atoms with van der Waals surface area (Å²) in [6.07, 6.45) is 7.61. The largest absolute Gasteiger partial charge is 0.348 e. The van der Waals surface area contributed by atoms with E-state index in [1.807, 2.05) is 12.1 Å². The van der Waals surface area contributed by atoms with Gasteiger partial charge in [0.1, 0.15) is 12.0 Å². The molecule has 1 aliphatic carbocycles. The lowest BCUT2D eigenvalue weighted by molar-refractivity contribution is 0.362. The van der Waals surface area contributed by atoms with Gasteiger partial charge in [-0.1, -0.05) is 79.9 Å². The smallest absolute Gasteiger partial charge is 0.321 e. The molecule has 1 saturated carbocycles. The molecule has 6 heteroatoms. The molecule has 0 bridgehead atoms. The third-order valence-corrected chi connectivity index (χ3v) is 6.45. The van der Waals surface area contributed by atoms with E-state index >= 15 is 0 Å². The molecule has 0 saturated heterocycles. The summed E-state index contributed by atoms with van der Waals surface area (Å²) in [5, 5.41) is 7.93. The predicted molar refractivity (Wildman–Crippen MR) is 122 cm³/mol. The van der Waals surface area contributed by atoms with Crippen LogP contribution in [0.1, 0.15) is 38.1 Å². The summed E-state index contributed by atoms with van der Waals surface area (Å²) in [6.45, 7) is 0. The van der Waals surface area contributed by atoms with Gasteiger partial charge in [-0.2, -0.15) is 5.10 Å². The van der Waals surface area contributed by atoms with E-state index < -0.39 is 0 Å². The van der Waals surface area contributed by atoms with Crippen molar-refractivity contribution in [2.45, 2.75) is 38.1 Å². The third-order valence-electron chi connectivity index (χ3n) is 6.45. The Kier molecular flexibility index (Phi) is 4.23. The van der Waals surface area contributed by atoms with E-state index in [1.165, 1.54) is 23.7 Å². The van der Waals surface area contributed by atoms with Crippen molar-refractivity contribution >= 4 is 16.7 Å². The first-order chi connectivity index (χ1) is 15.3. The van der Waals surface area contributed by atoms with Crippen LogP contribution < -0.4 is 5.69 Å². The van der Waals surface area contributed by atoms with Crippen LogP contribution in [0.4, 0.5) is 0 Å². The van der Waals surface area contributed by atoms with Gasteiger partial charge in [0.2, 0.25) is 0 Å². The van der Waals surface area contributed by atoms with Crippen LogP contribution in [0.15, 0.2) is 71.8 Å². The zero-order valence-corrected chi connectivity index (χ0v) is 17.2. The number of nitrogens with one attached hydrogen (secondary N) is 1. The first-order valence-corrected chi connectivity index (χ1v) is 10.9. The summed E-state index contributed by atoms with van der Waals surface area (Å²) in [5.41, 5.74) is 5.76. The molecule has 6 rings (SSSR count). The lowest BCUT2D eigenvalue weighted by atomic mass is 9.94. The third kappa shape index (κ3) is 2.82. The van der Waals surface area contributed by atoms with Crippen LogP contribution in [0.2, 0.25) is 0 Å². The van der Waals surface area contributed by atoms with E-state index in [9.17, 15) is 4.79 Å². The SMILES string of the molecule is O=c1[nH]nc2c3c(-c4ccccc4)c(-c4ccccc4)n(C4CCCCC4)c3ncn12. The number of aromatic nitrogens is 5. The number of rotatable bonds is 3. The minimum atomic E-state index is -0.268. The number of benzene rings is 2. The Labute approximate surface area is 179 Å². The molecular weight excluding hydrogens is 386 g/mol. The molecule has 1 N–H and O–H groups in total. The molecule has 6 nitrogen and oxygen atoms in total. The van der Waals surface area contributed by atoms with Gasteiger partial charge in [0.05, 0.1) is 11.1 Å². The number of aromatic amines is 1. The maximum absolute atomic E-state index is 12.3. The van der Waals surface area contributed by atoms with Crippen molar-refractivity contribution in [2.75, 3.05) is 0 Å². The standard InChI is InChI=1S/C25H23N5O/c31-25-28-27-24-21-20(17-10-4-1-5-11-17)22(18-12-6-2-7-13-18)30(19-14-8-3-9-15-19)23(21)26-16-29(24)25/h1-2,4-7,10-13,16,19H,3,8-9,14-15H2,(H,28,31). The van der Waals surface area contributed by atoms with Gasteiger partial charge in [-0.3, -0.25) is 0 Å². The molecule has 1 fully saturated rings. The van der Waals surface area contributed by atoms with Gasteiger partial charge in [-0.05, 0) is 24.0 Å². The number of H-pyrrole nitrogens is 1. The number of hydrogen-bond donors (Lipinski definition) is 1. The lowest BCUT2D eigenvalue weighted by Crippen LogP contribution is -2.15. The van der Waals surface area contributed by atoms with Crippen LogP contribution >= 0.6 is 0 Å². The Morgan fingerprint density at radius 3 is 2.23 bits per heavy atom. The zero-order valence-electron chi connectivity index (χ0n) is 17.2. The molecule has 2 aromatic carbocycles. The molecule has 5 aromatic rings. The summed E-state index contributed by atoms with van der Waals surface area (Å²) < 4.78 is 3.93. The topological polar surface area (TPSA) is 68.0 Å². The molecule has 0 amide bonds. The number of hydrogen-bond acceptors (Lipinski definition) is 3. The number of nitrogens with zero attached hydrogens (tertiary/aromatic N) is 4. The second kappa shape index (κ2) is 7.23. The van der Waals surface area contributed by atoms with E-state index in [2.05, 4.69) is 63.3 Å². The van der Waals surface area contributed by atoms with Crippen LogP contribution in [-0.4, -0.2) is 24.1 Å². The van der Waals surface area contributed by atoms with Crippen LogP contribution in [-0.2, 0) is 0 Å². The van der Waals surface area contributed by atoms with Crippen molar-refractivity contribution in [1.82, 2.24) is 24.1 Å². The average Bonchev–Trinajstić information content (AvgIpc) is 3.39. The fourth-order valence-corrected chi connectivity index (χ4v) is 5.08. The Bertz CT molecular complexity index is 1420. The molecule has 0 radical (unpaired) electrons. The Morgan fingerprint density at radius 2 is 1.52 bits per heavy atom. The van der Waals surface area contributed by atoms with E-state index in [0.717, 1.165) is 46.3 Å². The van der Waals surface area contributed by atoms with Gasteiger partial charge in [-0.25, -0.2) is 19.3 Å². The van der Waals surface area contributed by atoms with Crippen molar-refractivity contribution < 1.29 is 0 Å². The molecule has 0 aliphatic heterocycles. The van der Waals surface area contributed by atoms with Crippen molar-refractivity contribution in [3.63, 3.8) is 0 Å². The highest BCUT2D eigenvalue weighted by Gasteiger charge is 2.28. The minimum Gasteiger partial charge on any atom is -0.321 e. The van der Waals surface area contributed by atoms with Crippen molar-refractivity contribution in [3.05, 3.63) is 77.5 Å². The van der Waals surface area contributed by atoms with Crippen molar-refractivity contribution in [3.8, 4) is 22.4 Å². The normalized spacial score (nSPS) is 15.1. The zero-order chi connectivity index (χ0) is 20.8. The molecule has 0 unspecified atom stereocenters. The number of fused-ring (bicyclic) bond motifs is 3. The second-order valence-electron chi connectivity index (χ2n) is 8.28. The average molecular weight is 409 g/mol. The Hall–Kier alpha value is -3.67. The summed E-state index contributed by atoms with van der Waals surface area (Å²) in [5.74, 6) is 0. The fourth-order valence-electron chi connectivity index (χ4n) is 5.08. The highest BCUT2D eigenvalue weighted by atomic mass is 16.1. The van der Waals surface area contributed by atoms with E-state index in [4.69, 9.17) is 4.98 Å². The first kappa shape index (κ1) is 18.1. The van der Waals surface area contributed by atoms with Crippen LogP contribution in [0.5, 0.6) is 0 Å². The highest BCUT2D eigenvalue weighted by molar-refractivity contribution is 6.09. The summed E-state index contributed by atoms with van der Waals surface area (Å²) >= 11 is 0. The van der Waals surface area contributed by atoms with Gasteiger partial charge < -0.3 is 4.57 Å². The Balaban J connectivity index is 1.81. The summed E-state index contributed by atoms with van der Waals surface area (Å²) in [6, 6.07) is 21.3. The van der Waals surface area contributed by atoms with Gasteiger partial charge in [0.15, 0.2) is 5.65 Å². The molecule has 0 atom stereocenters. The quantitative estimate of drug-likeness (QED) is 0.445. The summed E-state index contributed by atoms with van der Waals surface area (Å²) in [4.78, 5) is 17.1. The van der Waals surface area contributed by atoms with Gasteiger partial charge in [0, 0.05) is 11.6 Å². The van der Waals surface area contributed by atoms with Crippen molar-refractivity contribution in [1.29, 1.82) is 0 Å². The lowest BCUT2D eigenvalue weighted by Gasteiger charge is -2.26. The second-order valence-corrected chi connectivity index (χ2v) is 8.28. The molecule has 154 valence electrons. The first-order valence-electron chi connectivity index (χ1n) is 10.9. The summed E-state index contributed by atoms with van der Waals surface area (Å²) in [7, 11) is 0. The van der Waals surface area contributed by atoms with E-state index in [0.29, 0.717) is 11.7 Å². The highest BCUT2D eigenvalue weighted by Crippen LogP contribution is 2.45. The monoisotopic (exact) mass is 409 g/mol. The molecule has 1 aliphatic rings. The predicted octanol–water partition coefficient (Wildman–Crippen LogP) is 5.21. The molecule has 0 spiro atoms. The molecule has 31 heavy (non-hydrogen) atoms. The maximum atomic E-state index is 12.3. The molecule has 3 aromatic heterocycles. The van der Waals surface area contributed by atoms with Gasteiger partial charge in [-0.15, -0.1) is 0 Å². The van der Waals surface area contributed by atoms with Gasteiger partial charge >= 0.3 is 5.69 Å². The van der Waals surface area contributed by atoms with Crippen LogP contribution in [0.3, 0.4) is 0 Å². The van der Waals surface area contributed by atoms with E-state index in [1.54, 1.807) is 6.33 Å². The molecular formula is C25H23N5O. The maximum Gasteiger partial charge on any atom is 0.348 e.